The molecule has 0 amide bonds. The van der Waals surface area contributed by atoms with Crippen LogP contribution in [0, 0.1) is 10.7 Å². The van der Waals surface area contributed by atoms with E-state index < -0.39 is 23.4 Å². The second-order valence-electron chi connectivity index (χ2n) is 8.61. The zero-order valence-electron chi connectivity index (χ0n) is 19.6. The Morgan fingerprint density at radius 1 is 0.973 bits per heavy atom. The van der Waals surface area contributed by atoms with Crippen LogP contribution in [0.1, 0.15) is 45.4 Å². The van der Waals surface area contributed by atoms with Crippen LogP contribution in [-0.4, -0.2) is 15.6 Å². The van der Waals surface area contributed by atoms with Crippen LogP contribution in [-0.2, 0) is 7.05 Å². The highest BCUT2D eigenvalue weighted by Gasteiger charge is 2.25. The number of pyridine rings is 1. The van der Waals surface area contributed by atoms with Crippen LogP contribution in [0.25, 0.3) is 11.1 Å². The Morgan fingerprint density at radius 2 is 1.65 bits per heavy atom. The number of halogens is 3. The van der Waals surface area contributed by atoms with Crippen LogP contribution in [0.2, 0.25) is 10.0 Å². The Morgan fingerprint density at radius 3 is 2.24 bits per heavy atom. The van der Waals surface area contributed by atoms with Crippen LogP contribution in [0.15, 0.2) is 89.0 Å². The van der Waals surface area contributed by atoms with Crippen LogP contribution >= 0.6 is 23.2 Å². The van der Waals surface area contributed by atoms with Gasteiger partial charge in [-0.3, -0.25) is 4.79 Å². The van der Waals surface area contributed by atoms with Gasteiger partial charge in [0.15, 0.2) is 0 Å². The number of nitrogens with zero attached hydrogens (tertiary/aromatic N) is 2. The molecule has 9 heteroatoms. The van der Waals surface area contributed by atoms with Crippen molar-refractivity contribution < 1.29 is 14.3 Å². The van der Waals surface area contributed by atoms with Gasteiger partial charge in [-0.15, -0.1) is 0 Å². The number of hydrogen-bond donors (Lipinski definition) is 1. The van der Waals surface area contributed by atoms with E-state index in [9.17, 15) is 18.9 Å². The van der Waals surface area contributed by atoms with Crippen LogP contribution < -0.4 is 5.56 Å². The maximum absolute atomic E-state index is 14.2. The molecule has 0 saturated carbocycles. The minimum absolute atomic E-state index is 0.200. The SMILES string of the molecule is Cn1cc(C(C[C@H](c2ccc(-c3ccc(C(=O)O)c(F)c3)cc2)c2ccc(Cl)cc2Cl)N=O)ccc1=O. The van der Waals surface area contributed by atoms with Crippen molar-refractivity contribution in [1.82, 2.24) is 4.57 Å². The fraction of sp³-hybridized carbons (Fsp3) is 0.143. The molecule has 0 aliphatic rings. The number of carboxylic acid groups (broad SMARTS) is 1. The molecule has 1 heterocycles. The molecular formula is C28H21Cl2FN2O4. The van der Waals surface area contributed by atoms with Crippen LogP contribution in [0.3, 0.4) is 0 Å². The predicted molar refractivity (Wildman–Crippen MR) is 142 cm³/mol. The summed E-state index contributed by atoms with van der Waals surface area (Å²) in [5.74, 6) is -2.51. The van der Waals surface area contributed by atoms with Gasteiger partial charge in [0.05, 0.1) is 5.56 Å². The quantitative estimate of drug-likeness (QED) is 0.239. The molecule has 2 atom stereocenters. The molecular weight excluding hydrogens is 518 g/mol. The number of aromatic nitrogens is 1. The van der Waals surface area contributed by atoms with Gasteiger partial charge >= 0.3 is 5.97 Å². The summed E-state index contributed by atoms with van der Waals surface area (Å²) in [6.45, 7) is 0. The topological polar surface area (TPSA) is 88.7 Å². The fourth-order valence-corrected chi connectivity index (χ4v) is 4.82. The monoisotopic (exact) mass is 538 g/mol. The molecule has 0 spiro atoms. The maximum Gasteiger partial charge on any atom is 0.338 e. The number of carbonyl (C=O) groups is 1. The van der Waals surface area contributed by atoms with Crippen molar-refractivity contribution in [1.29, 1.82) is 0 Å². The average molecular weight is 539 g/mol. The number of aryl methyl sites for hydroxylation is 1. The Balaban J connectivity index is 1.73. The number of rotatable bonds is 8. The summed E-state index contributed by atoms with van der Waals surface area (Å²) in [5, 5.41) is 13.3. The first-order valence-electron chi connectivity index (χ1n) is 11.2. The van der Waals surface area contributed by atoms with E-state index in [0.717, 1.165) is 11.1 Å². The van der Waals surface area contributed by atoms with E-state index in [-0.39, 0.29) is 17.9 Å². The van der Waals surface area contributed by atoms with Crippen LogP contribution in [0.4, 0.5) is 4.39 Å². The van der Waals surface area contributed by atoms with Crippen molar-refractivity contribution in [2.24, 2.45) is 12.2 Å². The molecule has 37 heavy (non-hydrogen) atoms. The Labute approximate surface area is 221 Å². The molecule has 3 aromatic carbocycles. The van der Waals surface area contributed by atoms with Crippen molar-refractivity contribution in [2.45, 2.75) is 18.4 Å². The molecule has 0 fully saturated rings. The van der Waals surface area contributed by atoms with Gasteiger partial charge in [0.2, 0.25) is 5.56 Å². The lowest BCUT2D eigenvalue weighted by molar-refractivity contribution is 0.0692. The molecule has 1 N–H and O–H groups in total. The molecule has 0 saturated heterocycles. The van der Waals surface area contributed by atoms with Crippen LogP contribution in [0.5, 0.6) is 0 Å². The summed E-state index contributed by atoms with van der Waals surface area (Å²) >= 11 is 12.7. The highest BCUT2D eigenvalue weighted by Crippen LogP contribution is 2.40. The van der Waals surface area contributed by atoms with Crippen molar-refractivity contribution in [3.05, 3.63) is 132 Å². The van der Waals surface area contributed by atoms with Crippen molar-refractivity contribution in [3.8, 4) is 11.1 Å². The van der Waals surface area contributed by atoms with E-state index in [1.165, 1.54) is 22.8 Å². The highest BCUT2D eigenvalue weighted by molar-refractivity contribution is 6.35. The molecule has 0 bridgehead atoms. The van der Waals surface area contributed by atoms with Crippen molar-refractivity contribution in [3.63, 3.8) is 0 Å². The van der Waals surface area contributed by atoms with Gasteiger partial charge in [-0.25, -0.2) is 9.18 Å². The molecule has 0 radical (unpaired) electrons. The molecule has 6 nitrogen and oxygen atoms in total. The molecule has 188 valence electrons. The normalized spacial score (nSPS) is 12.6. The van der Waals surface area contributed by atoms with E-state index in [4.69, 9.17) is 28.3 Å². The summed E-state index contributed by atoms with van der Waals surface area (Å²) in [7, 11) is 1.60. The second kappa shape index (κ2) is 11.1. The first kappa shape index (κ1) is 26.3. The third-order valence-electron chi connectivity index (χ3n) is 6.26. The Kier molecular flexibility index (Phi) is 7.86. The van der Waals surface area contributed by atoms with Crippen molar-refractivity contribution in [2.75, 3.05) is 0 Å². The molecule has 4 aromatic rings. The van der Waals surface area contributed by atoms with E-state index in [1.54, 1.807) is 55.7 Å². The largest absolute Gasteiger partial charge is 0.478 e. The molecule has 0 aliphatic heterocycles. The average Bonchev–Trinajstić information content (AvgIpc) is 2.87. The van der Waals surface area contributed by atoms with Gasteiger partial charge in [-0.2, -0.15) is 4.91 Å². The zero-order chi connectivity index (χ0) is 26.7. The number of benzene rings is 3. The molecule has 4 rings (SSSR count). The predicted octanol–water partition coefficient (Wildman–Crippen LogP) is 7.23. The van der Waals surface area contributed by atoms with Gasteiger partial charge in [-0.1, -0.05) is 64.8 Å². The standard InChI is InChI=1S/C28H21Cl2FN2O4/c1-33-15-19(7-11-27(33)34)26(32-37)14-23(21-10-8-20(29)13-24(21)30)17-4-2-16(3-5-17)18-6-9-22(28(35)36)25(31)12-18/h2-13,15,23,26H,14H2,1H3,(H,35,36)/t23-,26?/m1/s1. The Hall–Kier alpha value is -3.81. The van der Waals surface area contributed by atoms with Gasteiger partial charge in [-0.05, 0) is 64.6 Å². The minimum atomic E-state index is -1.33. The summed E-state index contributed by atoms with van der Waals surface area (Å²) < 4.78 is 15.6. The summed E-state index contributed by atoms with van der Waals surface area (Å²) in [4.78, 5) is 34.9. The molecule has 1 unspecified atom stereocenters. The van der Waals surface area contributed by atoms with E-state index in [2.05, 4.69) is 5.18 Å². The molecule has 0 aliphatic carbocycles. The van der Waals surface area contributed by atoms with E-state index in [1.807, 2.05) is 12.1 Å². The summed E-state index contributed by atoms with van der Waals surface area (Å²) in [5.41, 5.74) is 2.77. The molecule has 1 aromatic heterocycles. The fourth-order valence-electron chi connectivity index (χ4n) is 4.28. The third kappa shape index (κ3) is 5.79. The van der Waals surface area contributed by atoms with Crippen molar-refractivity contribution >= 4 is 29.2 Å². The first-order valence-corrected chi connectivity index (χ1v) is 12.0. The number of aromatic carboxylic acids is 1. The zero-order valence-corrected chi connectivity index (χ0v) is 21.1. The Bertz CT molecular complexity index is 1540. The summed E-state index contributed by atoms with van der Waals surface area (Å²) in [6.07, 6.45) is 1.86. The van der Waals surface area contributed by atoms with Gasteiger partial charge in [0.25, 0.3) is 0 Å². The lowest BCUT2D eigenvalue weighted by Crippen LogP contribution is -2.16. The summed E-state index contributed by atoms with van der Waals surface area (Å²) in [6, 6.07) is 18.6. The van der Waals surface area contributed by atoms with Gasteiger partial charge in [0, 0.05) is 35.3 Å². The third-order valence-corrected chi connectivity index (χ3v) is 6.83. The number of carboxylic acids is 1. The lowest BCUT2D eigenvalue weighted by atomic mass is 9.84. The first-order chi connectivity index (χ1) is 17.7. The second-order valence-corrected chi connectivity index (χ2v) is 9.45. The minimum Gasteiger partial charge on any atom is -0.478 e. The van der Waals surface area contributed by atoms with Gasteiger partial charge < -0.3 is 9.67 Å². The number of nitroso groups, excluding NO2 is 1. The highest BCUT2D eigenvalue weighted by atomic mass is 35.5. The van der Waals surface area contributed by atoms with Gasteiger partial charge in [0.1, 0.15) is 11.9 Å². The number of hydrogen-bond acceptors (Lipinski definition) is 4. The van der Waals surface area contributed by atoms with E-state index >= 15 is 0 Å². The lowest BCUT2D eigenvalue weighted by Gasteiger charge is -2.23. The smallest absolute Gasteiger partial charge is 0.338 e. The van der Waals surface area contributed by atoms with E-state index in [0.29, 0.717) is 26.7 Å². The maximum atomic E-state index is 14.2.